The highest BCUT2D eigenvalue weighted by atomic mass is 16.4. The minimum Gasteiger partial charge on any atom is -0.478 e. The molecule has 1 saturated heterocycles. The zero-order chi connectivity index (χ0) is 15.1. The molecule has 1 aliphatic heterocycles. The van der Waals surface area contributed by atoms with E-state index in [1.165, 1.54) is 0 Å². The first-order valence-corrected chi connectivity index (χ1v) is 7.70. The number of aromatic nitrogens is 1. The average molecular weight is 289 g/mol. The lowest BCUT2D eigenvalue weighted by Gasteiger charge is -2.43. The Bertz CT molecular complexity index is 561. The van der Waals surface area contributed by atoms with Crippen molar-refractivity contribution < 1.29 is 9.90 Å². The lowest BCUT2D eigenvalue weighted by molar-refractivity contribution is 0.0696. The van der Waals surface area contributed by atoms with Crippen LogP contribution in [-0.2, 0) is 12.8 Å². The van der Waals surface area contributed by atoms with E-state index in [1.54, 1.807) is 0 Å². The number of pyridine rings is 1. The highest BCUT2D eigenvalue weighted by Crippen LogP contribution is 2.29. The van der Waals surface area contributed by atoms with Gasteiger partial charge in [0, 0.05) is 30.9 Å². The van der Waals surface area contributed by atoms with Gasteiger partial charge in [-0.3, -0.25) is 4.90 Å². The quantitative estimate of drug-likeness (QED) is 0.899. The third-order valence-corrected chi connectivity index (χ3v) is 4.92. The lowest BCUT2D eigenvalue weighted by atomic mass is 10.1. The van der Waals surface area contributed by atoms with Crippen molar-refractivity contribution in [3.63, 3.8) is 0 Å². The van der Waals surface area contributed by atoms with Crippen molar-refractivity contribution in [2.75, 3.05) is 25.0 Å². The van der Waals surface area contributed by atoms with Crippen molar-refractivity contribution in [1.82, 2.24) is 9.88 Å². The maximum Gasteiger partial charge on any atom is 0.339 e. The summed E-state index contributed by atoms with van der Waals surface area (Å²) in [5.41, 5.74) is 2.57. The normalized spacial score (nSPS) is 26.0. The number of anilines is 1. The van der Waals surface area contributed by atoms with Crippen LogP contribution in [0.25, 0.3) is 0 Å². The molecule has 1 fully saturated rings. The maximum atomic E-state index is 11.6. The van der Waals surface area contributed by atoms with Crippen molar-refractivity contribution in [2.24, 2.45) is 0 Å². The SMILES string of the molecule is CC1CN(c2nc3c(cc2C(=O)O)CCC3)CC(C)N1C. The standard InChI is InChI=1S/C16H23N3O2/c1-10-8-19(9-11(2)18(10)3)15-13(16(20)21)7-12-5-4-6-14(12)17-15/h7,10-11H,4-6,8-9H2,1-3H3,(H,20,21). The topological polar surface area (TPSA) is 56.7 Å². The molecule has 0 saturated carbocycles. The van der Waals surface area contributed by atoms with E-state index in [1.807, 2.05) is 6.07 Å². The Labute approximate surface area is 125 Å². The highest BCUT2D eigenvalue weighted by Gasteiger charge is 2.30. The Morgan fingerprint density at radius 3 is 2.57 bits per heavy atom. The van der Waals surface area contributed by atoms with Gasteiger partial charge >= 0.3 is 5.97 Å². The number of likely N-dealkylation sites (N-methyl/N-ethyl adjacent to an activating group) is 1. The smallest absolute Gasteiger partial charge is 0.339 e. The van der Waals surface area contributed by atoms with Gasteiger partial charge in [0.05, 0.1) is 0 Å². The molecule has 1 aromatic rings. The summed E-state index contributed by atoms with van der Waals surface area (Å²) in [6.07, 6.45) is 3.01. The van der Waals surface area contributed by atoms with Crippen LogP contribution in [0.2, 0.25) is 0 Å². The number of nitrogens with zero attached hydrogens (tertiary/aromatic N) is 3. The van der Waals surface area contributed by atoms with Crippen molar-refractivity contribution in [3.05, 3.63) is 22.9 Å². The lowest BCUT2D eigenvalue weighted by Crippen LogP contribution is -2.55. The Hall–Kier alpha value is -1.62. The maximum absolute atomic E-state index is 11.6. The van der Waals surface area contributed by atoms with Crippen molar-refractivity contribution in [1.29, 1.82) is 0 Å². The van der Waals surface area contributed by atoms with Gasteiger partial charge in [0.15, 0.2) is 0 Å². The molecule has 2 atom stereocenters. The van der Waals surface area contributed by atoms with Crippen LogP contribution in [0.1, 0.15) is 41.9 Å². The predicted molar refractivity (Wildman–Crippen MR) is 82.1 cm³/mol. The van der Waals surface area contributed by atoms with Crippen LogP contribution in [0.15, 0.2) is 6.07 Å². The van der Waals surface area contributed by atoms with Gasteiger partial charge in [0.2, 0.25) is 0 Å². The van der Waals surface area contributed by atoms with Gasteiger partial charge in [-0.1, -0.05) is 0 Å². The Morgan fingerprint density at radius 2 is 1.95 bits per heavy atom. The molecular formula is C16H23N3O2. The zero-order valence-electron chi connectivity index (χ0n) is 13.0. The number of rotatable bonds is 2. The summed E-state index contributed by atoms with van der Waals surface area (Å²) in [5.74, 6) is -0.207. The van der Waals surface area contributed by atoms with E-state index in [-0.39, 0.29) is 0 Å². The fourth-order valence-corrected chi connectivity index (χ4v) is 3.44. The predicted octanol–water partition coefficient (Wildman–Crippen LogP) is 1.80. The molecule has 2 aliphatic rings. The van der Waals surface area contributed by atoms with Crippen LogP contribution in [0, 0.1) is 0 Å². The minimum absolute atomic E-state index is 0.361. The molecule has 0 radical (unpaired) electrons. The van der Waals surface area contributed by atoms with E-state index in [2.05, 4.69) is 30.7 Å². The van der Waals surface area contributed by atoms with E-state index in [0.29, 0.717) is 23.5 Å². The Morgan fingerprint density at radius 1 is 1.29 bits per heavy atom. The molecule has 0 bridgehead atoms. The summed E-state index contributed by atoms with van der Waals surface area (Å²) in [6, 6.07) is 2.64. The van der Waals surface area contributed by atoms with Crippen molar-refractivity contribution >= 4 is 11.8 Å². The molecule has 0 spiro atoms. The highest BCUT2D eigenvalue weighted by molar-refractivity contribution is 5.93. The van der Waals surface area contributed by atoms with E-state index in [4.69, 9.17) is 4.98 Å². The first kappa shape index (κ1) is 14.3. The Kier molecular flexibility index (Phi) is 3.61. The summed E-state index contributed by atoms with van der Waals surface area (Å²) in [5, 5.41) is 9.53. The van der Waals surface area contributed by atoms with Gasteiger partial charge in [-0.25, -0.2) is 9.78 Å². The average Bonchev–Trinajstić information content (AvgIpc) is 2.90. The van der Waals surface area contributed by atoms with Crippen LogP contribution in [-0.4, -0.2) is 53.2 Å². The van der Waals surface area contributed by atoms with Gasteiger partial charge in [0.1, 0.15) is 11.4 Å². The second-order valence-electron chi connectivity index (χ2n) is 6.39. The van der Waals surface area contributed by atoms with Crippen molar-refractivity contribution in [3.8, 4) is 0 Å². The van der Waals surface area contributed by atoms with E-state index < -0.39 is 5.97 Å². The molecule has 2 unspecified atom stereocenters. The molecule has 21 heavy (non-hydrogen) atoms. The summed E-state index contributed by atoms with van der Waals surface area (Å²) >= 11 is 0. The van der Waals surface area contributed by atoms with E-state index in [9.17, 15) is 9.90 Å². The number of fused-ring (bicyclic) bond motifs is 1. The van der Waals surface area contributed by atoms with Gasteiger partial charge in [-0.15, -0.1) is 0 Å². The zero-order valence-corrected chi connectivity index (χ0v) is 13.0. The second-order valence-corrected chi connectivity index (χ2v) is 6.39. The van der Waals surface area contributed by atoms with Gasteiger partial charge in [-0.2, -0.15) is 0 Å². The van der Waals surface area contributed by atoms with Crippen LogP contribution >= 0.6 is 0 Å². The number of hydrogen-bond donors (Lipinski definition) is 1. The fraction of sp³-hybridized carbons (Fsp3) is 0.625. The van der Waals surface area contributed by atoms with Crippen LogP contribution in [0.5, 0.6) is 0 Å². The molecule has 5 heteroatoms. The number of carboxylic acids is 1. The molecule has 1 aromatic heterocycles. The molecule has 0 aromatic carbocycles. The number of carboxylic acid groups (broad SMARTS) is 1. The molecule has 114 valence electrons. The third-order valence-electron chi connectivity index (χ3n) is 4.92. The first-order valence-electron chi connectivity index (χ1n) is 7.70. The Balaban J connectivity index is 1.99. The molecular weight excluding hydrogens is 266 g/mol. The van der Waals surface area contributed by atoms with Gasteiger partial charge in [-0.05, 0) is 51.8 Å². The first-order chi connectivity index (χ1) is 9.97. The fourth-order valence-electron chi connectivity index (χ4n) is 3.44. The number of aryl methyl sites for hydroxylation is 2. The van der Waals surface area contributed by atoms with Gasteiger partial charge < -0.3 is 10.0 Å². The molecule has 3 rings (SSSR count). The minimum atomic E-state index is -0.869. The number of aromatic carboxylic acids is 1. The van der Waals surface area contributed by atoms with Gasteiger partial charge in [0.25, 0.3) is 0 Å². The van der Waals surface area contributed by atoms with Crippen LogP contribution in [0.4, 0.5) is 5.82 Å². The number of piperazine rings is 1. The molecule has 5 nitrogen and oxygen atoms in total. The number of carbonyl (C=O) groups is 1. The monoisotopic (exact) mass is 289 g/mol. The molecule has 1 aliphatic carbocycles. The third kappa shape index (κ3) is 2.50. The molecule has 1 N–H and O–H groups in total. The van der Waals surface area contributed by atoms with Crippen molar-refractivity contribution in [2.45, 2.75) is 45.2 Å². The largest absolute Gasteiger partial charge is 0.478 e. The van der Waals surface area contributed by atoms with Crippen LogP contribution < -0.4 is 4.90 Å². The molecule has 0 amide bonds. The summed E-state index contributed by atoms with van der Waals surface area (Å²) in [4.78, 5) is 20.8. The van der Waals surface area contributed by atoms with Crippen LogP contribution in [0.3, 0.4) is 0 Å². The van der Waals surface area contributed by atoms with E-state index in [0.717, 1.165) is 43.6 Å². The van der Waals surface area contributed by atoms with E-state index >= 15 is 0 Å². The summed E-state index contributed by atoms with van der Waals surface area (Å²) in [6.45, 7) is 6.01. The summed E-state index contributed by atoms with van der Waals surface area (Å²) in [7, 11) is 2.13. The number of hydrogen-bond acceptors (Lipinski definition) is 4. The molecule has 2 heterocycles. The second kappa shape index (κ2) is 5.30. The summed E-state index contributed by atoms with van der Waals surface area (Å²) < 4.78 is 0.